The summed E-state index contributed by atoms with van der Waals surface area (Å²) in [7, 11) is 1.70. The molecule has 0 bridgehead atoms. The van der Waals surface area contributed by atoms with Crippen LogP contribution in [0.1, 0.15) is 12.0 Å². The van der Waals surface area contributed by atoms with E-state index >= 15 is 0 Å². The van der Waals surface area contributed by atoms with Crippen molar-refractivity contribution in [1.29, 1.82) is 0 Å². The molecule has 2 aliphatic heterocycles. The van der Waals surface area contributed by atoms with E-state index < -0.39 is 0 Å². The van der Waals surface area contributed by atoms with Crippen molar-refractivity contribution >= 4 is 11.6 Å². The SMILES string of the molecule is COc1ccccc1CN1CCN(C2CCN(c3ccccc3F)C2=O)CC1. The Hall–Kier alpha value is -2.44. The summed E-state index contributed by atoms with van der Waals surface area (Å²) in [5.41, 5.74) is 1.57. The number of nitrogens with zero attached hydrogens (tertiary/aromatic N) is 3. The molecular weight excluding hydrogens is 357 g/mol. The fourth-order valence-corrected chi connectivity index (χ4v) is 4.22. The van der Waals surface area contributed by atoms with Crippen molar-refractivity contribution in [3.63, 3.8) is 0 Å². The van der Waals surface area contributed by atoms with Crippen LogP contribution in [0.2, 0.25) is 0 Å². The molecule has 0 spiro atoms. The van der Waals surface area contributed by atoms with Gasteiger partial charge in [-0.15, -0.1) is 0 Å². The van der Waals surface area contributed by atoms with Gasteiger partial charge in [0.15, 0.2) is 0 Å². The maximum absolute atomic E-state index is 14.1. The zero-order valence-electron chi connectivity index (χ0n) is 16.2. The van der Waals surface area contributed by atoms with Crippen LogP contribution in [0, 0.1) is 5.82 Å². The molecule has 0 aromatic heterocycles. The van der Waals surface area contributed by atoms with Gasteiger partial charge < -0.3 is 9.64 Å². The fourth-order valence-electron chi connectivity index (χ4n) is 4.22. The van der Waals surface area contributed by atoms with Gasteiger partial charge in [0.2, 0.25) is 5.91 Å². The summed E-state index contributed by atoms with van der Waals surface area (Å²) in [6.07, 6.45) is 0.750. The number of amides is 1. The van der Waals surface area contributed by atoms with Gasteiger partial charge in [-0.25, -0.2) is 4.39 Å². The molecule has 0 aliphatic carbocycles. The van der Waals surface area contributed by atoms with Gasteiger partial charge in [-0.2, -0.15) is 0 Å². The Labute approximate surface area is 165 Å². The maximum atomic E-state index is 14.1. The standard InChI is InChI=1S/C22H26FN3O2/c1-28-21-9-5-2-6-17(21)16-24-12-14-25(15-13-24)20-10-11-26(22(20)27)19-8-4-3-7-18(19)23/h2-9,20H,10-16H2,1H3. The lowest BCUT2D eigenvalue weighted by Gasteiger charge is -2.37. The van der Waals surface area contributed by atoms with Crippen LogP contribution in [0.3, 0.4) is 0 Å². The first-order valence-electron chi connectivity index (χ1n) is 9.81. The third kappa shape index (κ3) is 3.75. The van der Waals surface area contributed by atoms with Crippen LogP contribution in [0.25, 0.3) is 0 Å². The molecule has 2 aliphatic rings. The van der Waals surface area contributed by atoms with E-state index in [0.29, 0.717) is 12.2 Å². The molecular formula is C22H26FN3O2. The first-order valence-corrected chi connectivity index (χ1v) is 9.81. The van der Waals surface area contributed by atoms with Crippen molar-refractivity contribution in [3.05, 3.63) is 59.9 Å². The van der Waals surface area contributed by atoms with Gasteiger partial charge in [-0.3, -0.25) is 14.6 Å². The van der Waals surface area contributed by atoms with E-state index in [1.165, 1.54) is 11.6 Å². The summed E-state index contributed by atoms with van der Waals surface area (Å²) >= 11 is 0. The number of benzene rings is 2. The van der Waals surface area contributed by atoms with Crippen molar-refractivity contribution in [1.82, 2.24) is 9.80 Å². The number of methoxy groups -OCH3 is 1. The van der Waals surface area contributed by atoms with Gasteiger partial charge in [-0.05, 0) is 24.6 Å². The molecule has 0 N–H and O–H groups in total. The number of rotatable bonds is 5. The average Bonchev–Trinajstić information content (AvgIpc) is 3.10. The van der Waals surface area contributed by atoms with Crippen LogP contribution in [-0.4, -0.2) is 61.6 Å². The molecule has 1 atom stereocenters. The third-order valence-electron chi connectivity index (χ3n) is 5.75. The summed E-state index contributed by atoms with van der Waals surface area (Å²) in [4.78, 5) is 19.1. The Morgan fingerprint density at radius 3 is 2.46 bits per heavy atom. The zero-order chi connectivity index (χ0) is 19.5. The minimum Gasteiger partial charge on any atom is -0.496 e. The molecule has 2 saturated heterocycles. The smallest absolute Gasteiger partial charge is 0.244 e. The zero-order valence-corrected chi connectivity index (χ0v) is 16.2. The van der Waals surface area contributed by atoms with Crippen LogP contribution < -0.4 is 9.64 Å². The van der Waals surface area contributed by atoms with Gasteiger partial charge in [0.25, 0.3) is 0 Å². The first-order chi connectivity index (χ1) is 13.7. The number of carbonyl (C=O) groups is 1. The highest BCUT2D eigenvalue weighted by molar-refractivity contribution is 5.99. The van der Waals surface area contributed by atoms with Gasteiger partial charge in [-0.1, -0.05) is 30.3 Å². The summed E-state index contributed by atoms with van der Waals surface area (Å²) in [5, 5.41) is 0. The van der Waals surface area contributed by atoms with Crippen molar-refractivity contribution in [2.24, 2.45) is 0 Å². The monoisotopic (exact) mass is 383 g/mol. The number of piperazine rings is 1. The molecule has 1 amide bonds. The quantitative estimate of drug-likeness (QED) is 0.796. The molecule has 148 valence electrons. The Bertz CT molecular complexity index is 836. The van der Waals surface area contributed by atoms with E-state index in [4.69, 9.17) is 4.74 Å². The predicted octanol–water partition coefficient (Wildman–Crippen LogP) is 2.76. The van der Waals surface area contributed by atoms with E-state index in [2.05, 4.69) is 15.9 Å². The Morgan fingerprint density at radius 2 is 1.71 bits per heavy atom. The van der Waals surface area contributed by atoms with Crippen molar-refractivity contribution < 1.29 is 13.9 Å². The molecule has 4 rings (SSSR count). The lowest BCUT2D eigenvalue weighted by Crippen LogP contribution is -2.52. The predicted molar refractivity (Wildman–Crippen MR) is 107 cm³/mol. The van der Waals surface area contributed by atoms with E-state index in [-0.39, 0.29) is 17.8 Å². The van der Waals surface area contributed by atoms with E-state index in [1.54, 1.807) is 30.2 Å². The Balaban J connectivity index is 1.35. The molecule has 6 heteroatoms. The number of hydrogen-bond donors (Lipinski definition) is 0. The van der Waals surface area contributed by atoms with Crippen LogP contribution in [0.5, 0.6) is 5.75 Å². The lowest BCUT2D eigenvalue weighted by molar-refractivity contribution is -0.122. The largest absolute Gasteiger partial charge is 0.496 e. The molecule has 2 aromatic rings. The van der Waals surface area contributed by atoms with Crippen LogP contribution in [0.15, 0.2) is 48.5 Å². The van der Waals surface area contributed by atoms with Crippen molar-refractivity contribution in [2.45, 2.75) is 19.0 Å². The van der Waals surface area contributed by atoms with Gasteiger partial charge >= 0.3 is 0 Å². The summed E-state index contributed by atoms with van der Waals surface area (Å²) in [6.45, 7) is 4.92. The molecule has 0 saturated carbocycles. The second kappa shape index (κ2) is 8.29. The lowest BCUT2D eigenvalue weighted by atomic mass is 10.1. The molecule has 2 heterocycles. The summed E-state index contributed by atoms with van der Waals surface area (Å²) < 4.78 is 19.5. The van der Waals surface area contributed by atoms with Crippen LogP contribution >= 0.6 is 0 Å². The fraction of sp³-hybridized carbons (Fsp3) is 0.409. The van der Waals surface area contributed by atoms with Crippen LogP contribution in [-0.2, 0) is 11.3 Å². The molecule has 28 heavy (non-hydrogen) atoms. The molecule has 2 aromatic carbocycles. The normalized spacial score (nSPS) is 21.3. The number of para-hydroxylation sites is 2. The number of halogens is 1. The molecule has 2 fully saturated rings. The highest BCUT2D eigenvalue weighted by Gasteiger charge is 2.38. The Morgan fingerprint density at radius 1 is 1.00 bits per heavy atom. The molecule has 1 unspecified atom stereocenters. The van der Waals surface area contributed by atoms with Gasteiger partial charge in [0.05, 0.1) is 18.8 Å². The van der Waals surface area contributed by atoms with Crippen LogP contribution in [0.4, 0.5) is 10.1 Å². The van der Waals surface area contributed by atoms with Gasteiger partial charge in [0, 0.05) is 44.8 Å². The minimum absolute atomic E-state index is 0.0169. The second-order valence-corrected chi connectivity index (χ2v) is 7.37. The summed E-state index contributed by atoms with van der Waals surface area (Å²) in [5.74, 6) is 0.595. The number of hydrogen-bond acceptors (Lipinski definition) is 4. The maximum Gasteiger partial charge on any atom is 0.244 e. The number of anilines is 1. The topological polar surface area (TPSA) is 36.0 Å². The Kier molecular flexibility index (Phi) is 5.59. The molecule has 5 nitrogen and oxygen atoms in total. The highest BCUT2D eigenvalue weighted by Crippen LogP contribution is 2.27. The van der Waals surface area contributed by atoms with E-state index in [9.17, 15) is 9.18 Å². The third-order valence-corrected chi connectivity index (χ3v) is 5.75. The number of ether oxygens (including phenoxy) is 1. The summed E-state index contributed by atoms with van der Waals surface area (Å²) in [6, 6.07) is 14.5. The van der Waals surface area contributed by atoms with Crippen molar-refractivity contribution in [3.8, 4) is 5.75 Å². The first kappa shape index (κ1) is 18.9. The van der Waals surface area contributed by atoms with Crippen molar-refractivity contribution in [2.75, 3.05) is 44.7 Å². The number of carbonyl (C=O) groups excluding carboxylic acids is 1. The second-order valence-electron chi connectivity index (χ2n) is 7.37. The minimum atomic E-state index is -0.335. The van der Waals surface area contributed by atoms with Gasteiger partial charge in [0.1, 0.15) is 11.6 Å². The van der Waals surface area contributed by atoms with E-state index in [0.717, 1.165) is 44.9 Å². The highest BCUT2D eigenvalue weighted by atomic mass is 19.1. The van der Waals surface area contributed by atoms with E-state index in [1.807, 2.05) is 18.2 Å². The molecule has 0 radical (unpaired) electrons. The average molecular weight is 383 g/mol.